The van der Waals surface area contributed by atoms with Gasteiger partial charge in [-0.2, -0.15) is 13.2 Å². The Morgan fingerprint density at radius 1 is 1.20 bits per heavy atom. The number of hydrogen-bond donors (Lipinski definition) is 2. The van der Waals surface area contributed by atoms with E-state index in [-0.39, 0.29) is 13.2 Å². The summed E-state index contributed by atoms with van der Waals surface area (Å²) in [6.45, 7) is 2.28. The number of rotatable bonds is 8. The van der Waals surface area contributed by atoms with Gasteiger partial charge in [0.2, 0.25) is 0 Å². The van der Waals surface area contributed by atoms with Crippen LogP contribution in [-0.4, -0.2) is 37.5 Å². The molecular weight excluding hydrogens is 269 g/mol. The number of alkyl halides is 3. The van der Waals surface area contributed by atoms with Gasteiger partial charge in [0.1, 0.15) is 6.54 Å². The number of halogens is 3. The Morgan fingerprint density at radius 3 is 2.35 bits per heavy atom. The minimum atomic E-state index is -4.28. The zero-order valence-corrected chi connectivity index (χ0v) is 11.6. The Bertz CT molecular complexity index is 379. The normalized spacial score (nSPS) is 11.7. The highest BCUT2D eigenvalue weighted by Gasteiger charge is 2.30. The Balaban J connectivity index is 2.67. The number of aliphatic hydroxyl groups is 1. The smallest absolute Gasteiger partial charge is 0.395 e. The molecule has 0 radical (unpaired) electrons. The lowest BCUT2D eigenvalue weighted by Gasteiger charge is -2.25. The molecule has 1 aromatic rings. The van der Waals surface area contributed by atoms with E-state index in [1.165, 1.54) is 0 Å². The van der Waals surface area contributed by atoms with Crippen molar-refractivity contribution in [2.24, 2.45) is 0 Å². The van der Waals surface area contributed by atoms with E-state index < -0.39 is 12.7 Å². The van der Waals surface area contributed by atoms with E-state index in [0.717, 1.165) is 23.4 Å². The predicted octanol–water partition coefficient (Wildman–Crippen LogP) is 2.55. The zero-order chi connectivity index (χ0) is 15.0. The molecule has 0 heterocycles. The van der Waals surface area contributed by atoms with E-state index in [4.69, 9.17) is 5.11 Å². The van der Waals surface area contributed by atoms with Crippen molar-refractivity contribution in [2.75, 3.05) is 31.1 Å². The molecule has 3 nitrogen and oxygen atoms in total. The largest absolute Gasteiger partial charge is 0.405 e. The molecule has 0 unspecified atom stereocenters. The molecular formula is C14H21F3N2O. The van der Waals surface area contributed by atoms with Crippen molar-refractivity contribution >= 4 is 5.69 Å². The first kappa shape index (κ1) is 16.8. The molecule has 0 fully saturated rings. The molecule has 0 saturated carbocycles. The SMILES string of the molecule is CCCNCc1ccc(N(CCO)CC(F)(F)F)cc1. The quantitative estimate of drug-likeness (QED) is 0.722. The lowest BCUT2D eigenvalue weighted by atomic mass is 10.2. The number of nitrogens with one attached hydrogen (secondary N) is 1. The van der Waals surface area contributed by atoms with Gasteiger partial charge in [0, 0.05) is 18.8 Å². The zero-order valence-electron chi connectivity index (χ0n) is 11.6. The molecule has 0 aliphatic carbocycles. The minimum absolute atomic E-state index is 0.0348. The second-order valence-electron chi connectivity index (χ2n) is 4.60. The summed E-state index contributed by atoms with van der Waals surface area (Å²) in [5.41, 5.74) is 1.49. The fourth-order valence-electron chi connectivity index (χ4n) is 1.87. The molecule has 6 heteroatoms. The van der Waals surface area contributed by atoms with E-state index in [1.54, 1.807) is 24.3 Å². The van der Waals surface area contributed by atoms with Crippen LogP contribution in [0.3, 0.4) is 0 Å². The third-order valence-electron chi connectivity index (χ3n) is 2.80. The monoisotopic (exact) mass is 290 g/mol. The van der Waals surface area contributed by atoms with Gasteiger partial charge in [-0.15, -0.1) is 0 Å². The second kappa shape index (κ2) is 8.11. The van der Waals surface area contributed by atoms with Crippen molar-refractivity contribution in [3.63, 3.8) is 0 Å². The first-order valence-electron chi connectivity index (χ1n) is 6.68. The maximum atomic E-state index is 12.5. The third kappa shape index (κ3) is 6.25. The van der Waals surface area contributed by atoms with Gasteiger partial charge in [0.05, 0.1) is 6.61 Å². The van der Waals surface area contributed by atoms with E-state index >= 15 is 0 Å². The van der Waals surface area contributed by atoms with Crippen molar-refractivity contribution in [3.8, 4) is 0 Å². The summed E-state index contributed by atoms with van der Waals surface area (Å²) < 4.78 is 37.4. The summed E-state index contributed by atoms with van der Waals surface area (Å²) in [5.74, 6) is 0. The molecule has 0 spiro atoms. The maximum absolute atomic E-state index is 12.5. The van der Waals surface area contributed by atoms with E-state index in [9.17, 15) is 13.2 Å². The highest BCUT2D eigenvalue weighted by molar-refractivity contribution is 5.47. The van der Waals surface area contributed by atoms with Gasteiger partial charge in [-0.05, 0) is 30.7 Å². The molecule has 0 aliphatic heterocycles. The molecule has 2 N–H and O–H groups in total. The standard InChI is InChI=1S/C14H21F3N2O/c1-2-7-18-10-12-3-5-13(6-4-12)19(8-9-20)11-14(15,16)17/h3-6,18,20H,2,7-11H2,1H3. The van der Waals surface area contributed by atoms with Crippen LogP contribution in [0, 0.1) is 0 Å². The van der Waals surface area contributed by atoms with Gasteiger partial charge in [0.15, 0.2) is 0 Å². The van der Waals surface area contributed by atoms with Crippen LogP contribution in [0.2, 0.25) is 0 Å². The molecule has 0 aromatic heterocycles. The molecule has 114 valence electrons. The average molecular weight is 290 g/mol. The minimum Gasteiger partial charge on any atom is -0.395 e. The summed E-state index contributed by atoms with van der Waals surface area (Å²) in [4.78, 5) is 1.13. The average Bonchev–Trinajstić information content (AvgIpc) is 2.38. The van der Waals surface area contributed by atoms with Gasteiger partial charge in [-0.25, -0.2) is 0 Å². The van der Waals surface area contributed by atoms with E-state index in [2.05, 4.69) is 12.2 Å². The van der Waals surface area contributed by atoms with Crippen molar-refractivity contribution in [2.45, 2.75) is 26.1 Å². The third-order valence-corrected chi connectivity index (χ3v) is 2.80. The molecule has 0 atom stereocenters. The summed E-state index contributed by atoms with van der Waals surface area (Å²) in [7, 11) is 0. The number of nitrogens with zero attached hydrogens (tertiary/aromatic N) is 1. The number of benzene rings is 1. The van der Waals surface area contributed by atoms with Crippen LogP contribution in [0.5, 0.6) is 0 Å². The van der Waals surface area contributed by atoms with Crippen LogP contribution in [0.25, 0.3) is 0 Å². The van der Waals surface area contributed by atoms with Crippen LogP contribution >= 0.6 is 0 Å². The highest BCUT2D eigenvalue weighted by Crippen LogP contribution is 2.22. The first-order chi connectivity index (χ1) is 9.46. The van der Waals surface area contributed by atoms with E-state index in [1.807, 2.05) is 0 Å². The number of aliphatic hydroxyl groups excluding tert-OH is 1. The van der Waals surface area contributed by atoms with Crippen LogP contribution in [-0.2, 0) is 6.54 Å². The second-order valence-corrected chi connectivity index (χ2v) is 4.60. The highest BCUT2D eigenvalue weighted by atomic mass is 19.4. The fraction of sp³-hybridized carbons (Fsp3) is 0.571. The Morgan fingerprint density at radius 2 is 1.85 bits per heavy atom. The molecule has 1 aromatic carbocycles. The molecule has 20 heavy (non-hydrogen) atoms. The molecule has 0 amide bonds. The van der Waals surface area contributed by atoms with Gasteiger partial charge in [-0.1, -0.05) is 19.1 Å². The van der Waals surface area contributed by atoms with Crippen LogP contribution < -0.4 is 10.2 Å². The van der Waals surface area contributed by atoms with Crippen molar-refractivity contribution in [3.05, 3.63) is 29.8 Å². The summed E-state index contributed by atoms with van der Waals surface area (Å²) in [5, 5.41) is 12.1. The Labute approximate surface area is 117 Å². The molecule has 0 saturated heterocycles. The molecule has 0 aliphatic rings. The Kier molecular flexibility index (Phi) is 6.81. The van der Waals surface area contributed by atoms with Gasteiger partial charge < -0.3 is 15.3 Å². The summed E-state index contributed by atoms with van der Waals surface area (Å²) in [6.07, 6.45) is -3.25. The van der Waals surface area contributed by atoms with Gasteiger partial charge in [0.25, 0.3) is 0 Å². The fourth-order valence-corrected chi connectivity index (χ4v) is 1.87. The van der Waals surface area contributed by atoms with Crippen LogP contribution in [0.15, 0.2) is 24.3 Å². The lowest BCUT2D eigenvalue weighted by molar-refractivity contribution is -0.119. The topological polar surface area (TPSA) is 35.5 Å². The summed E-state index contributed by atoms with van der Waals surface area (Å²) >= 11 is 0. The maximum Gasteiger partial charge on any atom is 0.405 e. The lowest BCUT2D eigenvalue weighted by Crippen LogP contribution is -2.36. The van der Waals surface area contributed by atoms with E-state index in [0.29, 0.717) is 12.2 Å². The molecule has 1 rings (SSSR count). The van der Waals surface area contributed by atoms with Crippen LogP contribution in [0.1, 0.15) is 18.9 Å². The van der Waals surface area contributed by atoms with Crippen molar-refractivity contribution < 1.29 is 18.3 Å². The van der Waals surface area contributed by atoms with Crippen LogP contribution in [0.4, 0.5) is 18.9 Å². The van der Waals surface area contributed by atoms with Gasteiger partial charge >= 0.3 is 6.18 Å². The van der Waals surface area contributed by atoms with Crippen molar-refractivity contribution in [1.82, 2.24) is 5.32 Å². The van der Waals surface area contributed by atoms with Gasteiger partial charge in [-0.3, -0.25) is 0 Å². The Hall–Kier alpha value is -1.27. The number of hydrogen-bond acceptors (Lipinski definition) is 3. The summed E-state index contributed by atoms with van der Waals surface area (Å²) in [6, 6.07) is 6.92. The predicted molar refractivity (Wildman–Crippen MR) is 73.8 cm³/mol. The first-order valence-corrected chi connectivity index (χ1v) is 6.68. The number of anilines is 1. The van der Waals surface area contributed by atoms with Crippen molar-refractivity contribution in [1.29, 1.82) is 0 Å². The molecule has 0 bridgehead atoms.